The van der Waals surface area contributed by atoms with Crippen LogP contribution in [-0.2, 0) is 4.79 Å². The van der Waals surface area contributed by atoms with E-state index in [1.807, 2.05) is 26.0 Å². The summed E-state index contributed by atoms with van der Waals surface area (Å²) in [7, 11) is 1.73. The van der Waals surface area contributed by atoms with Crippen LogP contribution in [0.2, 0.25) is 0 Å². The number of rotatable bonds is 7. The molecule has 1 aliphatic rings. The second-order valence-corrected chi connectivity index (χ2v) is 8.74. The van der Waals surface area contributed by atoms with Gasteiger partial charge in [0.05, 0.1) is 49.9 Å². The van der Waals surface area contributed by atoms with Crippen LogP contribution >= 0.6 is 11.3 Å². The molecule has 152 valence electrons. The van der Waals surface area contributed by atoms with Gasteiger partial charge in [-0.25, -0.2) is 0 Å². The van der Waals surface area contributed by atoms with Crippen LogP contribution in [-0.4, -0.2) is 45.2 Å². The minimum absolute atomic E-state index is 0.00354. The summed E-state index contributed by atoms with van der Waals surface area (Å²) < 4.78 is 5.54. The first-order valence-corrected chi connectivity index (χ1v) is 11.0. The second kappa shape index (κ2) is 9.43. The molecule has 1 aromatic heterocycles. The number of methoxy groups -OCH3 is 1. The molecule has 1 fully saturated rings. The van der Waals surface area contributed by atoms with Crippen molar-refractivity contribution >= 4 is 22.9 Å². The van der Waals surface area contributed by atoms with Gasteiger partial charge < -0.3 is 19.9 Å². The van der Waals surface area contributed by atoms with Gasteiger partial charge in [0.2, 0.25) is 5.91 Å². The average Bonchev–Trinajstić information content (AvgIpc) is 3.22. The smallest absolute Gasteiger partial charge is 0.222 e. The molecule has 2 N–H and O–H groups in total. The van der Waals surface area contributed by atoms with E-state index in [2.05, 4.69) is 46.8 Å². The number of hydrogen-bond donors (Lipinski definition) is 2. The van der Waals surface area contributed by atoms with Crippen LogP contribution in [0.4, 0.5) is 5.69 Å². The molecule has 0 radical (unpaired) electrons. The van der Waals surface area contributed by atoms with Gasteiger partial charge in [-0.1, -0.05) is 32.0 Å². The van der Waals surface area contributed by atoms with E-state index in [1.165, 1.54) is 9.78 Å². The van der Waals surface area contributed by atoms with Crippen molar-refractivity contribution in [2.45, 2.75) is 32.9 Å². The zero-order valence-corrected chi connectivity index (χ0v) is 18.1. The number of anilines is 1. The van der Waals surface area contributed by atoms with E-state index < -0.39 is 0 Å². The predicted molar refractivity (Wildman–Crippen MR) is 115 cm³/mol. The van der Waals surface area contributed by atoms with Crippen molar-refractivity contribution in [3.05, 3.63) is 46.7 Å². The molecule has 0 bridgehead atoms. The van der Waals surface area contributed by atoms with Crippen molar-refractivity contribution < 1.29 is 14.4 Å². The number of ether oxygens (including phenoxy) is 1. The van der Waals surface area contributed by atoms with Gasteiger partial charge in [-0.2, -0.15) is 0 Å². The molecule has 1 aliphatic heterocycles. The van der Waals surface area contributed by atoms with Crippen molar-refractivity contribution in [1.82, 2.24) is 5.32 Å². The highest BCUT2D eigenvalue weighted by molar-refractivity contribution is 7.10. The topological polar surface area (TPSA) is 46.0 Å². The van der Waals surface area contributed by atoms with Crippen LogP contribution in [0.3, 0.4) is 0 Å². The summed E-state index contributed by atoms with van der Waals surface area (Å²) in [5.41, 5.74) is 1.16. The molecule has 5 nitrogen and oxygen atoms in total. The van der Waals surface area contributed by atoms with Gasteiger partial charge in [0.1, 0.15) is 11.8 Å². The third kappa shape index (κ3) is 4.67. The summed E-state index contributed by atoms with van der Waals surface area (Å²) in [5.74, 6) is 1.06. The fourth-order valence-corrected chi connectivity index (χ4v) is 4.97. The quantitative estimate of drug-likeness (QED) is 0.747. The summed E-state index contributed by atoms with van der Waals surface area (Å²) in [6, 6.07) is 12.9. The monoisotopic (exact) mass is 402 g/mol. The molecule has 3 rings (SSSR count). The van der Waals surface area contributed by atoms with Gasteiger partial charge in [-0.15, -0.1) is 11.3 Å². The van der Waals surface area contributed by atoms with E-state index in [0.29, 0.717) is 0 Å². The summed E-state index contributed by atoms with van der Waals surface area (Å²) in [4.78, 5) is 17.6. The molecule has 1 amide bonds. The Labute approximate surface area is 172 Å². The van der Waals surface area contributed by atoms with E-state index >= 15 is 0 Å². The average molecular weight is 403 g/mol. The number of hydrogen-bond acceptors (Lipinski definition) is 4. The summed E-state index contributed by atoms with van der Waals surface area (Å²) in [6.07, 6.45) is 0. The second-order valence-electron chi connectivity index (χ2n) is 7.76. The van der Waals surface area contributed by atoms with Crippen molar-refractivity contribution in [3.63, 3.8) is 0 Å². The molecule has 6 heteroatoms. The summed E-state index contributed by atoms with van der Waals surface area (Å²) in [6.45, 7) is 10.0. The maximum absolute atomic E-state index is 12.3. The molecule has 0 unspecified atom stereocenters. The summed E-state index contributed by atoms with van der Waals surface area (Å²) in [5, 5.41) is 5.37. The molecule has 2 aromatic rings. The van der Waals surface area contributed by atoms with Crippen molar-refractivity contribution in [2.24, 2.45) is 5.92 Å². The van der Waals surface area contributed by atoms with E-state index in [4.69, 9.17) is 4.74 Å². The van der Waals surface area contributed by atoms with Crippen molar-refractivity contribution in [1.29, 1.82) is 0 Å². The number of piperazine rings is 1. The lowest BCUT2D eigenvalue weighted by atomic mass is 10.0. The van der Waals surface area contributed by atoms with Crippen LogP contribution in [0, 0.1) is 5.92 Å². The number of quaternary nitrogens is 1. The number of para-hydroxylation sites is 2. The lowest BCUT2D eigenvalue weighted by Crippen LogP contribution is -3.16. The maximum atomic E-state index is 12.3. The molecule has 28 heavy (non-hydrogen) atoms. The number of nitrogens with zero attached hydrogens (tertiary/aromatic N) is 1. The van der Waals surface area contributed by atoms with Crippen LogP contribution in [0.5, 0.6) is 5.75 Å². The van der Waals surface area contributed by atoms with Gasteiger partial charge >= 0.3 is 0 Å². The Morgan fingerprint density at radius 3 is 2.46 bits per heavy atom. The normalized spacial score (nSPS) is 17.4. The molecule has 2 heterocycles. The Kier molecular flexibility index (Phi) is 6.97. The molecule has 0 saturated carbocycles. The van der Waals surface area contributed by atoms with Gasteiger partial charge in [0.15, 0.2) is 0 Å². The Morgan fingerprint density at radius 1 is 1.14 bits per heavy atom. The molecular formula is C22H32N3O2S+. The molecule has 0 spiro atoms. The zero-order chi connectivity index (χ0) is 20.1. The van der Waals surface area contributed by atoms with Crippen LogP contribution in [0.1, 0.15) is 31.7 Å². The standard InChI is InChI=1S/C22H31N3O2S/c1-16(2)22(26)23-17(3)21(20-10-7-15-28-20)25-13-11-24(12-14-25)18-8-5-6-9-19(18)27-4/h5-10,15-17,21H,11-14H2,1-4H3,(H,23,26)/p+1/t17-,21+/m0/s1. The minimum atomic E-state index is 0.00354. The predicted octanol–water partition coefficient (Wildman–Crippen LogP) is 2.36. The Hall–Kier alpha value is -2.05. The fourth-order valence-electron chi connectivity index (χ4n) is 3.98. The van der Waals surface area contributed by atoms with E-state index in [1.54, 1.807) is 18.4 Å². The van der Waals surface area contributed by atoms with Gasteiger partial charge in [-0.05, 0) is 30.5 Å². The number of carbonyl (C=O) groups is 1. The first-order valence-electron chi connectivity index (χ1n) is 10.1. The number of nitrogens with one attached hydrogen (secondary N) is 2. The highest BCUT2D eigenvalue weighted by Gasteiger charge is 2.35. The Balaban J connectivity index is 1.72. The Bertz CT molecular complexity index is 755. The highest BCUT2D eigenvalue weighted by atomic mass is 32.1. The number of carbonyl (C=O) groups excluding carboxylic acids is 1. The van der Waals surface area contributed by atoms with Gasteiger partial charge in [0.25, 0.3) is 0 Å². The van der Waals surface area contributed by atoms with Crippen LogP contribution in [0.15, 0.2) is 41.8 Å². The van der Waals surface area contributed by atoms with Crippen LogP contribution < -0.4 is 19.9 Å². The molecule has 1 aromatic carbocycles. The van der Waals surface area contributed by atoms with Crippen molar-refractivity contribution in [3.8, 4) is 5.75 Å². The molecular weight excluding hydrogens is 370 g/mol. The summed E-state index contributed by atoms with van der Waals surface area (Å²) >= 11 is 1.79. The first-order chi connectivity index (χ1) is 13.5. The van der Waals surface area contributed by atoms with E-state index in [9.17, 15) is 4.79 Å². The number of thiophene rings is 1. The number of amides is 1. The van der Waals surface area contributed by atoms with E-state index in [0.717, 1.165) is 37.6 Å². The Morgan fingerprint density at radius 2 is 1.86 bits per heavy atom. The maximum Gasteiger partial charge on any atom is 0.222 e. The SMILES string of the molecule is COc1ccccc1N1CC[NH+]([C@@H](c2cccs2)[C@H](C)NC(=O)C(C)C)CC1. The van der Waals surface area contributed by atoms with Crippen LogP contribution in [0.25, 0.3) is 0 Å². The molecule has 1 saturated heterocycles. The van der Waals surface area contributed by atoms with E-state index in [-0.39, 0.29) is 23.9 Å². The number of benzene rings is 1. The third-order valence-electron chi connectivity index (χ3n) is 5.52. The largest absolute Gasteiger partial charge is 0.495 e. The molecule has 0 aliphatic carbocycles. The third-order valence-corrected chi connectivity index (χ3v) is 6.47. The fraction of sp³-hybridized carbons (Fsp3) is 0.500. The highest BCUT2D eigenvalue weighted by Crippen LogP contribution is 2.28. The molecule has 2 atom stereocenters. The van der Waals surface area contributed by atoms with Gasteiger partial charge in [0, 0.05) is 5.92 Å². The van der Waals surface area contributed by atoms with Crippen molar-refractivity contribution in [2.75, 3.05) is 38.2 Å². The lowest BCUT2D eigenvalue weighted by Gasteiger charge is -2.39. The zero-order valence-electron chi connectivity index (χ0n) is 17.3. The van der Waals surface area contributed by atoms with Gasteiger partial charge in [-0.3, -0.25) is 4.79 Å². The first kappa shape index (κ1) is 20.7. The minimum Gasteiger partial charge on any atom is -0.495 e. The lowest BCUT2D eigenvalue weighted by molar-refractivity contribution is -0.933.